The number of nitrogens with one attached hydrogen (secondary N) is 2. The first-order valence-electron chi connectivity index (χ1n) is 6.26. The molecule has 0 saturated carbocycles. The molecule has 0 aliphatic rings. The van der Waals surface area contributed by atoms with E-state index < -0.39 is 0 Å². The summed E-state index contributed by atoms with van der Waals surface area (Å²) in [5, 5.41) is 3.16. The van der Waals surface area contributed by atoms with Crippen LogP contribution in [0.1, 0.15) is 19.8 Å². The molecule has 0 aliphatic heterocycles. The molecule has 5 heteroatoms. The smallest absolute Gasteiger partial charge is 0.201 e. The van der Waals surface area contributed by atoms with Gasteiger partial charge in [-0.1, -0.05) is 6.92 Å². The van der Waals surface area contributed by atoms with Crippen LogP contribution in [0.5, 0.6) is 0 Å². The Kier molecular flexibility index (Phi) is 4.52. The Hall–Kier alpha value is -1.62. The van der Waals surface area contributed by atoms with Gasteiger partial charge in [0.1, 0.15) is 5.82 Å². The van der Waals surface area contributed by atoms with E-state index in [0.717, 1.165) is 38.1 Å². The van der Waals surface area contributed by atoms with E-state index in [1.54, 1.807) is 6.07 Å². The zero-order valence-corrected chi connectivity index (χ0v) is 10.5. The molecule has 1 heterocycles. The highest BCUT2D eigenvalue weighted by molar-refractivity contribution is 5.77. The molecule has 0 unspecified atom stereocenters. The van der Waals surface area contributed by atoms with Crippen LogP contribution in [0.4, 0.5) is 10.3 Å². The number of anilines is 1. The number of rotatable bonds is 7. The number of nitrogens with zero attached hydrogens (tertiary/aromatic N) is 1. The van der Waals surface area contributed by atoms with Crippen molar-refractivity contribution in [2.45, 2.75) is 19.8 Å². The van der Waals surface area contributed by atoms with E-state index in [1.165, 1.54) is 12.1 Å². The van der Waals surface area contributed by atoms with E-state index in [4.69, 9.17) is 4.74 Å². The summed E-state index contributed by atoms with van der Waals surface area (Å²) in [4.78, 5) is 7.35. The number of hydrogen-bond acceptors (Lipinski definition) is 3. The van der Waals surface area contributed by atoms with Crippen LogP contribution in [0.3, 0.4) is 0 Å². The zero-order chi connectivity index (χ0) is 12.8. The maximum Gasteiger partial charge on any atom is 0.201 e. The molecular formula is C13H18FN3O. The van der Waals surface area contributed by atoms with Crippen LogP contribution in [-0.2, 0) is 4.74 Å². The van der Waals surface area contributed by atoms with E-state index in [9.17, 15) is 4.39 Å². The van der Waals surface area contributed by atoms with E-state index in [2.05, 4.69) is 22.2 Å². The predicted molar refractivity (Wildman–Crippen MR) is 70.3 cm³/mol. The minimum absolute atomic E-state index is 0.259. The van der Waals surface area contributed by atoms with Crippen molar-refractivity contribution >= 4 is 17.0 Å². The van der Waals surface area contributed by atoms with Crippen LogP contribution in [0.15, 0.2) is 18.2 Å². The fourth-order valence-electron chi connectivity index (χ4n) is 1.69. The normalized spacial score (nSPS) is 11.0. The summed E-state index contributed by atoms with van der Waals surface area (Å²) >= 11 is 0. The summed E-state index contributed by atoms with van der Waals surface area (Å²) in [6, 6.07) is 4.51. The van der Waals surface area contributed by atoms with Gasteiger partial charge in [0.05, 0.1) is 11.0 Å². The van der Waals surface area contributed by atoms with Gasteiger partial charge in [-0.2, -0.15) is 0 Å². The van der Waals surface area contributed by atoms with Crippen molar-refractivity contribution in [3.63, 3.8) is 0 Å². The van der Waals surface area contributed by atoms with Gasteiger partial charge in [-0.15, -0.1) is 0 Å². The average molecular weight is 251 g/mol. The van der Waals surface area contributed by atoms with E-state index in [-0.39, 0.29) is 5.82 Å². The Morgan fingerprint density at radius 1 is 1.39 bits per heavy atom. The van der Waals surface area contributed by atoms with Crippen molar-refractivity contribution in [1.82, 2.24) is 9.97 Å². The van der Waals surface area contributed by atoms with Crippen LogP contribution in [0, 0.1) is 5.82 Å². The van der Waals surface area contributed by atoms with E-state index in [0.29, 0.717) is 11.5 Å². The third kappa shape index (κ3) is 3.43. The highest BCUT2D eigenvalue weighted by Crippen LogP contribution is 2.15. The number of fused-ring (bicyclic) bond motifs is 1. The number of halogens is 1. The summed E-state index contributed by atoms with van der Waals surface area (Å²) in [6.45, 7) is 4.43. The fraction of sp³-hybridized carbons (Fsp3) is 0.462. The first kappa shape index (κ1) is 12.8. The molecule has 2 rings (SSSR count). The summed E-state index contributed by atoms with van der Waals surface area (Å²) in [5.74, 6) is 0.414. The van der Waals surface area contributed by atoms with Gasteiger partial charge in [-0.05, 0) is 31.0 Å². The van der Waals surface area contributed by atoms with Crippen molar-refractivity contribution in [3.05, 3.63) is 24.0 Å². The lowest BCUT2D eigenvalue weighted by Crippen LogP contribution is -2.07. The quantitative estimate of drug-likeness (QED) is 0.744. The van der Waals surface area contributed by atoms with Gasteiger partial charge in [0.2, 0.25) is 5.95 Å². The first-order valence-corrected chi connectivity index (χ1v) is 6.26. The van der Waals surface area contributed by atoms with Gasteiger partial charge in [0, 0.05) is 19.8 Å². The fourth-order valence-corrected chi connectivity index (χ4v) is 1.69. The lowest BCUT2D eigenvalue weighted by molar-refractivity contribution is 0.134. The number of aromatic nitrogens is 2. The molecule has 0 atom stereocenters. The number of benzene rings is 1. The van der Waals surface area contributed by atoms with Gasteiger partial charge in [0.15, 0.2) is 0 Å². The second-order valence-electron chi connectivity index (χ2n) is 4.14. The van der Waals surface area contributed by atoms with E-state index in [1.807, 2.05) is 0 Å². The van der Waals surface area contributed by atoms with Crippen molar-refractivity contribution < 1.29 is 9.13 Å². The molecule has 4 nitrogen and oxygen atoms in total. The highest BCUT2D eigenvalue weighted by atomic mass is 19.1. The molecule has 2 N–H and O–H groups in total. The van der Waals surface area contributed by atoms with Crippen molar-refractivity contribution in [2.75, 3.05) is 25.1 Å². The molecule has 0 amide bonds. The molecule has 0 bridgehead atoms. The Morgan fingerprint density at radius 2 is 2.28 bits per heavy atom. The standard InChI is InChI=1S/C13H18FN3O/c1-2-7-18-8-3-6-15-13-16-11-5-4-10(14)9-12(11)17-13/h4-5,9H,2-3,6-8H2,1H3,(H2,15,16,17). The topological polar surface area (TPSA) is 49.9 Å². The molecule has 1 aromatic carbocycles. The molecule has 0 spiro atoms. The third-order valence-corrected chi connectivity index (χ3v) is 2.55. The van der Waals surface area contributed by atoms with Crippen LogP contribution in [-0.4, -0.2) is 29.7 Å². The lowest BCUT2D eigenvalue weighted by Gasteiger charge is -2.03. The Morgan fingerprint density at radius 3 is 3.11 bits per heavy atom. The predicted octanol–water partition coefficient (Wildman–Crippen LogP) is 2.93. The monoisotopic (exact) mass is 251 g/mol. The van der Waals surface area contributed by atoms with Gasteiger partial charge >= 0.3 is 0 Å². The van der Waals surface area contributed by atoms with Gasteiger partial charge in [-0.3, -0.25) is 0 Å². The molecule has 2 aromatic rings. The molecule has 0 aliphatic carbocycles. The molecule has 98 valence electrons. The Bertz CT molecular complexity index is 498. The second kappa shape index (κ2) is 6.35. The Balaban J connectivity index is 1.81. The molecule has 0 radical (unpaired) electrons. The summed E-state index contributed by atoms with van der Waals surface area (Å²) < 4.78 is 18.4. The SMILES string of the molecule is CCCOCCCNc1nc2ccc(F)cc2[nH]1. The first-order chi connectivity index (χ1) is 8.79. The van der Waals surface area contributed by atoms with Crippen LogP contribution < -0.4 is 5.32 Å². The maximum absolute atomic E-state index is 13.0. The average Bonchev–Trinajstić information content (AvgIpc) is 2.75. The van der Waals surface area contributed by atoms with Crippen LogP contribution in [0.25, 0.3) is 11.0 Å². The summed E-state index contributed by atoms with van der Waals surface area (Å²) in [7, 11) is 0. The maximum atomic E-state index is 13.0. The number of aromatic amines is 1. The van der Waals surface area contributed by atoms with Crippen LogP contribution in [0.2, 0.25) is 0 Å². The van der Waals surface area contributed by atoms with E-state index >= 15 is 0 Å². The minimum atomic E-state index is -0.259. The second-order valence-corrected chi connectivity index (χ2v) is 4.14. The molecule has 0 fully saturated rings. The van der Waals surface area contributed by atoms with Gasteiger partial charge in [-0.25, -0.2) is 9.37 Å². The number of imidazole rings is 1. The van der Waals surface area contributed by atoms with Crippen LogP contribution >= 0.6 is 0 Å². The number of ether oxygens (including phenoxy) is 1. The minimum Gasteiger partial charge on any atom is -0.381 e. The summed E-state index contributed by atoms with van der Waals surface area (Å²) in [5.41, 5.74) is 1.47. The molecule has 1 aromatic heterocycles. The largest absolute Gasteiger partial charge is 0.381 e. The number of hydrogen-bond donors (Lipinski definition) is 2. The zero-order valence-electron chi connectivity index (χ0n) is 10.5. The van der Waals surface area contributed by atoms with Gasteiger partial charge in [0.25, 0.3) is 0 Å². The van der Waals surface area contributed by atoms with Crippen molar-refractivity contribution in [2.24, 2.45) is 0 Å². The summed E-state index contributed by atoms with van der Waals surface area (Å²) in [6.07, 6.45) is 1.97. The lowest BCUT2D eigenvalue weighted by atomic mass is 10.3. The molecular weight excluding hydrogens is 233 g/mol. The highest BCUT2D eigenvalue weighted by Gasteiger charge is 2.02. The number of H-pyrrole nitrogens is 1. The third-order valence-electron chi connectivity index (χ3n) is 2.55. The van der Waals surface area contributed by atoms with Crippen molar-refractivity contribution in [3.8, 4) is 0 Å². The van der Waals surface area contributed by atoms with Gasteiger partial charge < -0.3 is 15.0 Å². The molecule has 18 heavy (non-hydrogen) atoms. The molecule has 0 saturated heterocycles. The van der Waals surface area contributed by atoms with Crippen molar-refractivity contribution in [1.29, 1.82) is 0 Å². The Labute approximate surface area is 106 Å².